The van der Waals surface area contributed by atoms with Crippen molar-refractivity contribution in [2.75, 3.05) is 25.1 Å². The zero-order valence-corrected chi connectivity index (χ0v) is 8.49. The molecule has 1 saturated heterocycles. The van der Waals surface area contributed by atoms with Gasteiger partial charge in [-0.15, -0.1) is 0 Å². The first kappa shape index (κ1) is 9.81. The van der Waals surface area contributed by atoms with Gasteiger partial charge in [0.05, 0.1) is 6.04 Å². The van der Waals surface area contributed by atoms with Gasteiger partial charge in [0, 0.05) is 18.1 Å². The molecule has 0 N–H and O–H groups in total. The van der Waals surface area contributed by atoms with E-state index in [2.05, 4.69) is 11.5 Å². The number of thioether (sulfide) groups is 1. The largest absolute Gasteiger partial charge is 0.295 e. The summed E-state index contributed by atoms with van der Waals surface area (Å²) in [6.07, 6.45) is 0. The minimum absolute atomic E-state index is 0.0706. The molecule has 0 aromatic rings. The second kappa shape index (κ2) is 4.10. The number of Topliss-reactive ketones (excluding diaryl/α,β-unsaturated/α-hetero) is 1. The van der Waals surface area contributed by atoms with Crippen LogP contribution in [0.2, 0.25) is 0 Å². The molecule has 1 fully saturated rings. The van der Waals surface area contributed by atoms with Gasteiger partial charge in [0.25, 0.3) is 0 Å². The Kier molecular flexibility index (Phi) is 3.35. The molecule has 1 heterocycles. The van der Waals surface area contributed by atoms with Crippen LogP contribution in [0.5, 0.6) is 0 Å². The highest BCUT2D eigenvalue weighted by Crippen LogP contribution is 2.17. The van der Waals surface area contributed by atoms with E-state index >= 15 is 0 Å². The lowest BCUT2D eigenvalue weighted by atomic mass is 10.1. The van der Waals surface area contributed by atoms with Gasteiger partial charge in [-0.25, -0.2) is 0 Å². The highest BCUT2D eigenvalue weighted by molar-refractivity contribution is 7.99. The molecule has 0 radical (unpaired) electrons. The smallest absolute Gasteiger partial charge is 0.175 e. The number of nitrogens with zero attached hydrogens (tertiary/aromatic N) is 1. The van der Waals surface area contributed by atoms with E-state index in [1.165, 1.54) is 0 Å². The minimum atomic E-state index is 0.0706. The molecule has 0 saturated carbocycles. The Labute approximate surface area is 78.0 Å². The second-order valence-corrected chi connectivity index (χ2v) is 4.37. The molecule has 1 atom stereocenters. The Morgan fingerprint density at radius 1 is 1.67 bits per heavy atom. The van der Waals surface area contributed by atoms with Crippen molar-refractivity contribution < 1.29 is 4.79 Å². The molecule has 0 amide bonds. The summed E-state index contributed by atoms with van der Waals surface area (Å²) >= 11 is 1.85. The van der Waals surface area contributed by atoms with E-state index in [0.717, 1.165) is 18.1 Å². The molecule has 0 aromatic carbocycles. The molecule has 0 aliphatic carbocycles. The summed E-state index contributed by atoms with van der Waals surface area (Å²) in [4.78, 5) is 13.7. The maximum Gasteiger partial charge on any atom is 0.175 e. The second-order valence-electron chi connectivity index (χ2n) is 3.22. The quantitative estimate of drug-likeness (QED) is 0.603. The van der Waals surface area contributed by atoms with E-state index < -0.39 is 0 Å². The first-order valence-corrected chi connectivity index (χ1v) is 5.26. The zero-order chi connectivity index (χ0) is 9.14. The summed E-state index contributed by atoms with van der Waals surface area (Å²) in [5.74, 6) is 2.25. The Balaban J connectivity index is 2.59. The monoisotopic (exact) mass is 185 g/mol. The first-order chi connectivity index (χ1) is 5.63. The lowest BCUT2D eigenvalue weighted by molar-refractivity contribution is -0.119. The van der Waals surface area contributed by atoms with E-state index in [1.807, 2.05) is 18.8 Å². The van der Waals surface area contributed by atoms with Crippen molar-refractivity contribution in [1.82, 2.24) is 4.90 Å². The summed E-state index contributed by atoms with van der Waals surface area (Å²) < 4.78 is 0. The molecule has 1 aliphatic rings. The average Bonchev–Trinajstić information content (AvgIpc) is 2.04. The van der Waals surface area contributed by atoms with E-state index in [9.17, 15) is 4.79 Å². The number of hydrogen-bond donors (Lipinski definition) is 0. The third kappa shape index (κ3) is 2.11. The molecule has 1 unspecified atom stereocenters. The Bertz CT molecular complexity index is 203. The normalized spacial score (nSPS) is 25.3. The Morgan fingerprint density at radius 2 is 2.33 bits per heavy atom. The van der Waals surface area contributed by atoms with Crippen LogP contribution in [0.25, 0.3) is 0 Å². The van der Waals surface area contributed by atoms with Crippen molar-refractivity contribution in [3.63, 3.8) is 0 Å². The minimum Gasteiger partial charge on any atom is -0.295 e. The summed E-state index contributed by atoms with van der Waals surface area (Å²) in [5, 5.41) is 0. The molecule has 12 heavy (non-hydrogen) atoms. The topological polar surface area (TPSA) is 20.3 Å². The van der Waals surface area contributed by atoms with Gasteiger partial charge in [0.1, 0.15) is 0 Å². The van der Waals surface area contributed by atoms with Crippen molar-refractivity contribution in [3.05, 3.63) is 12.2 Å². The molecule has 0 bridgehead atoms. The fourth-order valence-corrected chi connectivity index (χ4v) is 2.46. The van der Waals surface area contributed by atoms with Gasteiger partial charge in [-0.1, -0.05) is 6.58 Å². The lowest BCUT2D eigenvalue weighted by Gasteiger charge is -2.30. The van der Waals surface area contributed by atoms with Crippen molar-refractivity contribution >= 4 is 17.5 Å². The molecule has 3 heteroatoms. The Hall–Kier alpha value is -0.280. The first-order valence-electron chi connectivity index (χ1n) is 4.10. The van der Waals surface area contributed by atoms with Crippen LogP contribution in [-0.2, 0) is 4.79 Å². The van der Waals surface area contributed by atoms with E-state index in [1.54, 1.807) is 6.92 Å². The van der Waals surface area contributed by atoms with Crippen LogP contribution in [0.1, 0.15) is 6.92 Å². The van der Waals surface area contributed by atoms with Crippen LogP contribution in [0, 0.1) is 0 Å². The number of ketones is 1. The molecule has 68 valence electrons. The van der Waals surface area contributed by atoms with Crippen LogP contribution in [-0.4, -0.2) is 41.8 Å². The van der Waals surface area contributed by atoms with Crippen LogP contribution >= 0.6 is 11.8 Å². The van der Waals surface area contributed by atoms with Gasteiger partial charge < -0.3 is 0 Å². The maximum absolute atomic E-state index is 11.6. The van der Waals surface area contributed by atoms with E-state index in [0.29, 0.717) is 5.57 Å². The van der Waals surface area contributed by atoms with Crippen molar-refractivity contribution in [1.29, 1.82) is 0 Å². The predicted molar refractivity (Wildman–Crippen MR) is 53.6 cm³/mol. The fourth-order valence-electron chi connectivity index (χ4n) is 1.25. The van der Waals surface area contributed by atoms with Gasteiger partial charge in [-0.05, 0) is 19.5 Å². The van der Waals surface area contributed by atoms with Gasteiger partial charge in [0.15, 0.2) is 5.78 Å². The zero-order valence-electron chi connectivity index (χ0n) is 7.67. The van der Waals surface area contributed by atoms with E-state index in [4.69, 9.17) is 0 Å². The fraction of sp³-hybridized carbons (Fsp3) is 0.667. The van der Waals surface area contributed by atoms with Crippen LogP contribution < -0.4 is 0 Å². The lowest BCUT2D eigenvalue weighted by Crippen LogP contribution is -2.44. The predicted octanol–water partition coefficient (Wildman–Crippen LogP) is 1.18. The summed E-state index contributed by atoms with van der Waals surface area (Å²) in [7, 11) is 2.01. The van der Waals surface area contributed by atoms with Crippen LogP contribution in [0.4, 0.5) is 0 Å². The van der Waals surface area contributed by atoms with Gasteiger partial charge in [-0.2, -0.15) is 11.8 Å². The molecule has 0 spiro atoms. The van der Waals surface area contributed by atoms with Crippen LogP contribution in [0.3, 0.4) is 0 Å². The third-order valence-electron chi connectivity index (χ3n) is 2.12. The summed E-state index contributed by atoms with van der Waals surface area (Å²) in [6.45, 7) is 6.47. The number of carbonyl (C=O) groups is 1. The summed E-state index contributed by atoms with van der Waals surface area (Å²) in [5.41, 5.74) is 0.675. The number of rotatable bonds is 2. The molecule has 1 aliphatic heterocycles. The summed E-state index contributed by atoms with van der Waals surface area (Å²) in [6, 6.07) is 0.0706. The third-order valence-corrected chi connectivity index (χ3v) is 3.14. The number of likely N-dealkylation sites (N-methyl/N-ethyl adjacent to an activating group) is 1. The molecular formula is C9H15NOS. The number of hydrogen-bond acceptors (Lipinski definition) is 3. The highest BCUT2D eigenvalue weighted by atomic mass is 32.2. The molecular weight excluding hydrogens is 170 g/mol. The standard InChI is InChI=1S/C9H15NOS/c1-7(2)9(11)8-6-12-5-4-10(8)3/h8H,1,4-6H2,2-3H3. The van der Waals surface area contributed by atoms with Gasteiger partial charge in [0.2, 0.25) is 0 Å². The maximum atomic E-state index is 11.6. The van der Waals surface area contributed by atoms with Gasteiger partial charge in [-0.3, -0.25) is 9.69 Å². The number of carbonyl (C=O) groups excluding carboxylic acids is 1. The highest BCUT2D eigenvalue weighted by Gasteiger charge is 2.25. The molecule has 1 rings (SSSR count). The van der Waals surface area contributed by atoms with Gasteiger partial charge >= 0.3 is 0 Å². The van der Waals surface area contributed by atoms with Crippen molar-refractivity contribution in [2.45, 2.75) is 13.0 Å². The van der Waals surface area contributed by atoms with Crippen molar-refractivity contribution in [2.24, 2.45) is 0 Å². The molecule has 0 aromatic heterocycles. The van der Waals surface area contributed by atoms with Crippen LogP contribution in [0.15, 0.2) is 12.2 Å². The molecule has 2 nitrogen and oxygen atoms in total. The SMILES string of the molecule is C=C(C)C(=O)C1CSCCN1C. The average molecular weight is 185 g/mol. The van der Waals surface area contributed by atoms with E-state index in [-0.39, 0.29) is 11.8 Å². The Morgan fingerprint density at radius 3 is 2.83 bits per heavy atom. The van der Waals surface area contributed by atoms with Crippen molar-refractivity contribution in [3.8, 4) is 0 Å².